The quantitative estimate of drug-likeness (QED) is 0.779. The highest BCUT2D eigenvalue weighted by molar-refractivity contribution is 5.79. The van der Waals surface area contributed by atoms with E-state index in [0.29, 0.717) is 13.0 Å². The molecule has 1 aromatic carbocycles. The van der Waals surface area contributed by atoms with Gasteiger partial charge in [-0.1, -0.05) is 24.3 Å². The molecule has 2 aromatic rings. The molecular weight excluding hydrogens is 294 g/mol. The van der Waals surface area contributed by atoms with Crippen molar-refractivity contribution in [3.05, 3.63) is 52.8 Å². The van der Waals surface area contributed by atoms with Gasteiger partial charge in [0.1, 0.15) is 0 Å². The predicted molar refractivity (Wildman–Crippen MR) is 83.7 cm³/mol. The summed E-state index contributed by atoms with van der Waals surface area (Å²) in [5.41, 5.74) is 3.83. The van der Waals surface area contributed by atoms with Crippen molar-refractivity contribution in [1.29, 1.82) is 0 Å². The van der Waals surface area contributed by atoms with Crippen LogP contribution in [0.2, 0.25) is 0 Å². The Morgan fingerprint density at radius 2 is 2.09 bits per heavy atom. The van der Waals surface area contributed by atoms with Gasteiger partial charge in [-0.05, 0) is 36.0 Å². The maximum absolute atomic E-state index is 12.4. The van der Waals surface area contributed by atoms with Crippen molar-refractivity contribution in [2.24, 2.45) is 5.92 Å². The van der Waals surface area contributed by atoms with Crippen LogP contribution in [-0.2, 0) is 35.4 Å². The number of aromatic nitrogens is 2. The van der Waals surface area contributed by atoms with Crippen LogP contribution in [0.15, 0.2) is 30.5 Å². The smallest absolute Gasteiger partial charge is 0.307 e. The summed E-state index contributed by atoms with van der Waals surface area (Å²) in [5.74, 6) is -0.905. The molecule has 1 atom stereocenters. The van der Waals surface area contributed by atoms with E-state index in [1.807, 2.05) is 18.2 Å². The Balaban J connectivity index is 1.61. The third-order valence-corrected chi connectivity index (χ3v) is 4.30. The van der Waals surface area contributed by atoms with Crippen molar-refractivity contribution in [2.75, 3.05) is 0 Å². The van der Waals surface area contributed by atoms with Gasteiger partial charge in [-0.25, -0.2) is 0 Å². The summed E-state index contributed by atoms with van der Waals surface area (Å²) < 4.78 is 0. The molecule has 0 radical (unpaired) electrons. The molecule has 23 heavy (non-hydrogen) atoms. The molecule has 0 spiro atoms. The number of aromatic amines is 1. The highest BCUT2D eigenvalue weighted by Gasteiger charge is 2.25. The van der Waals surface area contributed by atoms with Gasteiger partial charge in [0.05, 0.1) is 12.6 Å². The first-order valence-corrected chi connectivity index (χ1v) is 7.71. The molecule has 0 aliphatic heterocycles. The van der Waals surface area contributed by atoms with E-state index in [1.54, 1.807) is 12.3 Å². The van der Waals surface area contributed by atoms with Crippen molar-refractivity contribution in [1.82, 2.24) is 15.5 Å². The van der Waals surface area contributed by atoms with E-state index in [0.717, 1.165) is 35.2 Å². The summed E-state index contributed by atoms with van der Waals surface area (Å²) in [7, 11) is 0. The van der Waals surface area contributed by atoms with Gasteiger partial charge in [0, 0.05) is 18.2 Å². The number of aliphatic carboxylic acids is 1. The SMILES string of the molecule is O=C(O)Cc1ccccc1CNC(=O)C1CCc2[nH]ncc2C1. The van der Waals surface area contributed by atoms with E-state index < -0.39 is 5.97 Å². The van der Waals surface area contributed by atoms with Crippen LogP contribution in [0.3, 0.4) is 0 Å². The van der Waals surface area contributed by atoms with E-state index >= 15 is 0 Å². The third kappa shape index (κ3) is 3.59. The molecule has 1 aliphatic carbocycles. The van der Waals surface area contributed by atoms with Gasteiger partial charge in [0.25, 0.3) is 0 Å². The van der Waals surface area contributed by atoms with Crippen LogP contribution in [0, 0.1) is 5.92 Å². The molecular formula is C17H19N3O3. The van der Waals surface area contributed by atoms with Gasteiger partial charge in [0.15, 0.2) is 0 Å². The maximum Gasteiger partial charge on any atom is 0.307 e. The van der Waals surface area contributed by atoms with Gasteiger partial charge >= 0.3 is 5.97 Å². The van der Waals surface area contributed by atoms with Gasteiger partial charge in [-0.2, -0.15) is 5.10 Å². The lowest BCUT2D eigenvalue weighted by Crippen LogP contribution is -2.33. The third-order valence-electron chi connectivity index (χ3n) is 4.30. The molecule has 0 saturated heterocycles. The molecule has 3 N–H and O–H groups in total. The van der Waals surface area contributed by atoms with Crippen molar-refractivity contribution < 1.29 is 14.7 Å². The number of hydrogen-bond donors (Lipinski definition) is 3. The van der Waals surface area contributed by atoms with E-state index in [1.165, 1.54) is 0 Å². The average molecular weight is 313 g/mol. The second kappa shape index (κ2) is 6.64. The van der Waals surface area contributed by atoms with Crippen LogP contribution in [0.4, 0.5) is 0 Å². The lowest BCUT2D eigenvalue weighted by molar-refractivity contribution is -0.136. The van der Waals surface area contributed by atoms with Gasteiger partial charge in [-0.15, -0.1) is 0 Å². The van der Waals surface area contributed by atoms with E-state index in [-0.39, 0.29) is 18.2 Å². The molecule has 0 bridgehead atoms. The monoisotopic (exact) mass is 313 g/mol. The normalized spacial score (nSPS) is 16.6. The number of nitrogens with one attached hydrogen (secondary N) is 2. The predicted octanol–water partition coefficient (Wildman–Crippen LogP) is 1.46. The van der Waals surface area contributed by atoms with E-state index in [4.69, 9.17) is 5.11 Å². The van der Waals surface area contributed by atoms with Crippen LogP contribution in [0.5, 0.6) is 0 Å². The molecule has 1 heterocycles. The second-order valence-corrected chi connectivity index (χ2v) is 5.87. The maximum atomic E-state index is 12.4. The zero-order valence-electron chi connectivity index (χ0n) is 12.7. The average Bonchev–Trinajstić information content (AvgIpc) is 3.00. The van der Waals surface area contributed by atoms with Gasteiger partial charge < -0.3 is 10.4 Å². The minimum Gasteiger partial charge on any atom is -0.481 e. The number of nitrogens with zero attached hydrogens (tertiary/aromatic N) is 1. The van der Waals surface area contributed by atoms with Crippen molar-refractivity contribution in [3.63, 3.8) is 0 Å². The molecule has 0 saturated carbocycles. The highest BCUT2D eigenvalue weighted by atomic mass is 16.4. The molecule has 1 amide bonds. The van der Waals surface area contributed by atoms with Crippen molar-refractivity contribution in [3.8, 4) is 0 Å². The van der Waals surface area contributed by atoms with E-state index in [9.17, 15) is 9.59 Å². The number of rotatable bonds is 5. The summed E-state index contributed by atoms with van der Waals surface area (Å²) in [6.45, 7) is 0.358. The van der Waals surface area contributed by atoms with Crippen LogP contribution >= 0.6 is 0 Å². The first kappa shape index (κ1) is 15.3. The number of carbonyl (C=O) groups is 2. The minimum absolute atomic E-state index is 0.0157. The first-order chi connectivity index (χ1) is 11.1. The fourth-order valence-electron chi connectivity index (χ4n) is 3.03. The summed E-state index contributed by atoms with van der Waals surface area (Å²) in [6, 6.07) is 7.30. The Bertz CT molecular complexity index is 723. The Morgan fingerprint density at radius 1 is 1.30 bits per heavy atom. The van der Waals surface area contributed by atoms with Crippen LogP contribution in [0.25, 0.3) is 0 Å². The summed E-state index contributed by atoms with van der Waals surface area (Å²) in [6.07, 6.45) is 4.10. The summed E-state index contributed by atoms with van der Waals surface area (Å²) in [5, 5.41) is 18.9. The number of hydrogen-bond acceptors (Lipinski definition) is 3. The Labute approximate surface area is 133 Å². The topological polar surface area (TPSA) is 95.1 Å². The van der Waals surface area contributed by atoms with Crippen LogP contribution in [0.1, 0.15) is 28.8 Å². The van der Waals surface area contributed by atoms with Crippen molar-refractivity contribution in [2.45, 2.75) is 32.2 Å². The zero-order chi connectivity index (χ0) is 16.2. The molecule has 120 valence electrons. The number of amides is 1. The fraction of sp³-hybridized carbons (Fsp3) is 0.353. The van der Waals surface area contributed by atoms with Gasteiger partial charge in [-0.3, -0.25) is 14.7 Å². The van der Waals surface area contributed by atoms with Crippen LogP contribution in [-0.4, -0.2) is 27.2 Å². The molecule has 1 unspecified atom stereocenters. The number of carbonyl (C=O) groups excluding carboxylic acids is 1. The fourth-order valence-corrected chi connectivity index (χ4v) is 3.03. The molecule has 6 heteroatoms. The van der Waals surface area contributed by atoms with Crippen LogP contribution < -0.4 is 5.32 Å². The Kier molecular flexibility index (Phi) is 4.41. The molecule has 3 rings (SSSR count). The Hall–Kier alpha value is -2.63. The number of carboxylic acid groups (broad SMARTS) is 1. The Morgan fingerprint density at radius 3 is 2.87 bits per heavy atom. The summed E-state index contributed by atoms with van der Waals surface area (Å²) in [4.78, 5) is 23.3. The zero-order valence-corrected chi connectivity index (χ0v) is 12.7. The molecule has 6 nitrogen and oxygen atoms in total. The standard InChI is InChI=1S/C17H19N3O3/c21-16(22)8-11-3-1-2-4-13(11)9-18-17(23)12-5-6-15-14(7-12)10-19-20-15/h1-4,10,12H,5-9H2,(H,18,23)(H,19,20)(H,21,22). The number of carboxylic acids is 1. The lowest BCUT2D eigenvalue weighted by atomic mass is 9.87. The lowest BCUT2D eigenvalue weighted by Gasteiger charge is -2.21. The first-order valence-electron chi connectivity index (χ1n) is 7.71. The highest BCUT2D eigenvalue weighted by Crippen LogP contribution is 2.24. The molecule has 1 aliphatic rings. The molecule has 0 fully saturated rings. The minimum atomic E-state index is -0.872. The number of fused-ring (bicyclic) bond motifs is 1. The summed E-state index contributed by atoms with van der Waals surface area (Å²) >= 11 is 0. The second-order valence-electron chi connectivity index (χ2n) is 5.87. The van der Waals surface area contributed by atoms with E-state index in [2.05, 4.69) is 15.5 Å². The number of aryl methyl sites for hydroxylation is 1. The van der Waals surface area contributed by atoms with Gasteiger partial charge in [0.2, 0.25) is 5.91 Å². The number of benzene rings is 1. The molecule has 1 aromatic heterocycles. The number of H-pyrrole nitrogens is 1. The largest absolute Gasteiger partial charge is 0.481 e. The van der Waals surface area contributed by atoms with Crippen molar-refractivity contribution >= 4 is 11.9 Å².